The minimum absolute atomic E-state index is 0.249. The zero-order valence-electron chi connectivity index (χ0n) is 11.7. The number of hydrogen-bond donors (Lipinski definition) is 1. The maximum atomic E-state index is 12.1. The fourth-order valence-electron chi connectivity index (χ4n) is 1.82. The van der Waals surface area contributed by atoms with Gasteiger partial charge < -0.3 is 14.8 Å². The Morgan fingerprint density at radius 3 is 2.71 bits per heavy atom. The highest BCUT2D eigenvalue weighted by molar-refractivity contribution is 9.10. The van der Waals surface area contributed by atoms with Crippen LogP contribution >= 0.6 is 15.9 Å². The van der Waals surface area contributed by atoms with Gasteiger partial charge in [0.15, 0.2) is 0 Å². The molecule has 0 saturated carbocycles. The Hall–Kier alpha value is -2.08. The zero-order valence-corrected chi connectivity index (χ0v) is 13.3. The zero-order chi connectivity index (χ0) is 15.2. The third-order valence-corrected chi connectivity index (χ3v) is 3.32. The molecule has 2 rings (SSSR count). The van der Waals surface area contributed by atoms with Crippen LogP contribution in [0.2, 0.25) is 0 Å². The molecule has 0 saturated heterocycles. The van der Waals surface area contributed by atoms with Crippen molar-refractivity contribution >= 4 is 21.8 Å². The van der Waals surface area contributed by atoms with Crippen LogP contribution in [0.15, 0.2) is 41.0 Å². The number of benzene rings is 1. The van der Waals surface area contributed by atoms with E-state index in [1.165, 1.54) is 0 Å². The van der Waals surface area contributed by atoms with Gasteiger partial charge in [-0.15, -0.1) is 0 Å². The van der Waals surface area contributed by atoms with Gasteiger partial charge in [-0.2, -0.15) is 0 Å². The van der Waals surface area contributed by atoms with Crippen molar-refractivity contribution in [1.82, 2.24) is 10.3 Å². The molecule has 0 atom stereocenters. The number of hydrogen-bond acceptors (Lipinski definition) is 4. The third kappa shape index (κ3) is 3.95. The molecule has 0 aliphatic carbocycles. The number of nitrogens with zero attached hydrogens (tertiary/aromatic N) is 1. The molecule has 0 fully saturated rings. The lowest BCUT2D eigenvalue weighted by Gasteiger charge is -2.11. The van der Waals surface area contributed by atoms with Gasteiger partial charge in [0.25, 0.3) is 5.91 Å². The first-order chi connectivity index (χ1) is 10.1. The summed E-state index contributed by atoms with van der Waals surface area (Å²) in [5.74, 6) is 1.15. The predicted molar refractivity (Wildman–Crippen MR) is 82.7 cm³/mol. The van der Waals surface area contributed by atoms with Gasteiger partial charge in [0.05, 0.1) is 14.2 Å². The third-order valence-electron chi connectivity index (χ3n) is 2.87. The fourth-order valence-corrected chi connectivity index (χ4v) is 2.16. The second-order valence-electron chi connectivity index (χ2n) is 4.21. The molecule has 0 bridgehead atoms. The van der Waals surface area contributed by atoms with Crippen molar-refractivity contribution in [2.45, 2.75) is 6.54 Å². The van der Waals surface area contributed by atoms with Crippen molar-refractivity contribution in [3.8, 4) is 11.5 Å². The van der Waals surface area contributed by atoms with Crippen LogP contribution in [0.25, 0.3) is 0 Å². The lowest BCUT2D eigenvalue weighted by atomic mass is 10.2. The first kappa shape index (κ1) is 15.3. The first-order valence-electron chi connectivity index (χ1n) is 6.25. The van der Waals surface area contributed by atoms with E-state index in [4.69, 9.17) is 9.47 Å². The SMILES string of the molecule is COc1ccc(OC)c(CNC(=O)c2cccc(Br)n2)c1. The van der Waals surface area contributed by atoms with Crippen molar-refractivity contribution in [2.24, 2.45) is 0 Å². The predicted octanol–water partition coefficient (Wildman–Crippen LogP) is 2.79. The summed E-state index contributed by atoms with van der Waals surface area (Å²) in [7, 11) is 3.18. The molecule has 5 nitrogen and oxygen atoms in total. The first-order valence-corrected chi connectivity index (χ1v) is 7.05. The van der Waals surface area contributed by atoms with Gasteiger partial charge >= 0.3 is 0 Å². The number of halogens is 1. The average molecular weight is 351 g/mol. The number of carbonyl (C=O) groups is 1. The van der Waals surface area contributed by atoms with Gasteiger partial charge in [-0.05, 0) is 46.3 Å². The van der Waals surface area contributed by atoms with E-state index in [0.29, 0.717) is 28.3 Å². The van der Waals surface area contributed by atoms with Crippen LogP contribution in [0.3, 0.4) is 0 Å². The molecule has 2 aromatic rings. The minimum Gasteiger partial charge on any atom is -0.497 e. The molecule has 0 aliphatic heterocycles. The van der Waals surface area contributed by atoms with Crippen molar-refractivity contribution < 1.29 is 14.3 Å². The summed E-state index contributed by atoms with van der Waals surface area (Å²) in [5, 5.41) is 2.81. The highest BCUT2D eigenvalue weighted by atomic mass is 79.9. The van der Waals surface area contributed by atoms with E-state index in [0.717, 1.165) is 5.56 Å². The summed E-state index contributed by atoms with van der Waals surface area (Å²) in [6.07, 6.45) is 0. The van der Waals surface area contributed by atoms with Gasteiger partial charge in [-0.25, -0.2) is 4.98 Å². The topological polar surface area (TPSA) is 60.5 Å². The Morgan fingerprint density at radius 1 is 1.24 bits per heavy atom. The molecule has 1 aromatic carbocycles. The summed E-state index contributed by atoms with van der Waals surface area (Å²) in [4.78, 5) is 16.2. The van der Waals surface area contributed by atoms with E-state index in [9.17, 15) is 4.79 Å². The lowest BCUT2D eigenvalue weighted by molar-refractivity contribution is 0.0945. The van der Waals surface area contributed by atoms with E-state index in [2.05, 4.69) is 26.2 Å². The molecule has 1 aromatic heterocycles. The number of ether oxygens (including phenoxy) is 2. The van der Waals surface area contributed by atoms with E-state index >= 15 is 0 Å². The summed E-state index contributed by atoms with van der Waals surface area (Å²) < 4.78 is 11.1. The maximum Gasteiger partial charge on any atom is 0.270 e. The van der Waals surface area contributed by atoms with E-state index in [1.54, 1.807) is 44.6 Å². The Balaban J connectivity index is 2.10. The van der Waals surface area contributed by atoms with Crippen LogP contribution in [-0.2, 0) is 6.54 Å². The highest BCUT2D eigenvalue weighted by Gasteiger charge is 2.10. The van der Waals surface area contributed by atoms with Crippen LogP contribution in [0.4, 0.5) is 0 Å². The van der Waals surface area contributed by atoms with Crippen molar-refractivity contribution in [3.05, 3.63) is 52.3 Å². The molecule has 1 N–H and O–H groups in total. The second-order valence-corrected chi connectivity index (χ2v) is 5.02. The molecule has 21 heavy (non-hydrogen) atoms. The largest absolute Gasteiger partial charge is 0.497 e. The van der Waals surface area contributed by atoms with Crippen LogP contribution in [0, 0.1) is 0 Å². The molecule has 0 unspecified atom stereocenters. The van der Waals surface area contributed by atoms with E-state index in [-0.39, 0.29) is 5.91 Å². The molecule has 1 amide bonds. The molecular formula is C15H15BrN2O3. The number of methoxy groups -OCH3 is 2. The van der Waals surface area contributed by atoms with Gasteiger partial charge in [-0.1, -0.05) is 6.07 Å². The molecular weight excluding hydrogens is 336 g/mol. The normalized spacial score (nSPS) is 10.0. The molecule has 0 radical (unpaired) electrons. The Kier molecular flexibility index (Phi) is 5.16. The molecule has 6 heteroatoms. The van der Waals surface area contributed by atoms with Crippen molar-refractivity contribution in [3.63, 3.8) is 0 Å². The minimum atomic E-state index is -0.249. The summed E-state index contributed by atoms with van der Waals surface area (Å²) in [6.45, 7) is 0.327. The number of carbonyl (C=O) groups excluding carboxylic acids is 1. The van der Waals surface area contributed by atoms with E-state index < -0.39 is 0 Å². The van der Waals surface area contributed by atoms with Gasteiger partial charge in [0.1, 0.15) is 21.8 Å². The van der Waals surface area contributed by atoms with Gasteiger partial charge in [0, 0.05) is 12.1 Å². The number of amides is 1. The fraction of sp³-hybridized carbons (Fsp3) is 0.200. The Bertz CT molecular complexity index is 647. The lowest BCUT2D eigenvalue weighted by Crippen LogP contribution is -2.24. The summed E-state index contributed by atoms with van der Waals surface area (Å²) in [5.41, 5.74) is 1.19. The molecule has 0 spiro atoms. The Labute approximate surface area is 131 Å². The van der Waals surface area contributed by atoms with Gasteiger partial charge in [-0.3, -0.25) is 4.79 Å². The van der Waals surface area contributed by atoms with E-state index in [1.807, 2.05) is 6.07 Å². The summed E-state index contributed by atoms with van der Waals surface area (Å²) in [6, 6.07) is 10.6. The monoisotopic (exact) mass is 350 g/mol. The smallest absolute Gasteiger partial charge is 0.270 e. The van der Waals surface area contributed by atoms with Crippen molar-refractivity contribution in [2.75, 3.05) is 14.2 Å². The number of rotatable bonds is 5. The van der Waals surface area contributed by atoms with Crippen LogP contribution in [0.5, 0.6) is 11.5 Å². The second kappa shape index (κ2) is 7.08. The molecule has 1 heterocycles. The summed E-state index contributed by atoms with van der Waals surface area (Å²) >= 11 is 3.24. The average Bonchev–Trinajstić information content (AvgIpc) is 2.52. The van der Waals surface area contributed by atoms with Gasteiger partial charge in [0.2, 0.25) is 0 Å². The highest BCUT2D eigenvalue weighted by Crippen LogP contribution is 2.23. The Morgan fingerprint density at radius 2 is 2.05 bits per heavy atom. The van der Waals surface area contributed by atoms with Crippen molar-refractivity contribution in [1.29, 1.82) is 0 Å². The molecule has 0 aliphatic rings. The number of aromatic nitrogens is 1. The number of pyridine rings is 1. The standard InChI is InChI=1S/C15H15BrN2O3/c1-20-11-6-7-13(21-2)10(8-11)9-17-15(19)12-4-3-5-14(16)18-12/h3-8H,9H2,1-2H3,(H,17,19). The maximum absolute atomic E-state index is 12.1. The quantitative estimate of drug-likeness (QED) is 0.842. The van der Waals surface area contributed by atoms with Crippen LogP contribution in [0.1, 0.15) is 16.1 Å². The molecule has 110 valence electrons. The number of nitrogens with one attached hydrogen (secondary N) is 1. The van der Waals surface area contributed by atoms with Crippen LogP contribution < -0.4 is 14.8 Å². The van der Waals surface area contributed by atoms with Crippen LogP contribution in [-0.4, -0.2) is 25.1 Å².